The Kier molecular flexibility index (Phi) is 5.88. The van der Waals surface area contributed by atoms with Crippen molar-refractivity contribution in [2.75, 3.05) is 13.6 Å². The van der Waals surface area contributed by atoms with Gasteiger partial charge in [-0.1, -0.05) is 63.9 Å². The van der Waals surface area contributed by atoms with Crippen LogP contribution in [0.25, 0.3) is 0 Å². The Labute approximate surface area is 162 Å². The van der Waals surface area contributed by atoms with Crippen LogP contribution in [0.3, 0.4) is 0 Å². The van der Waals surface area contributed by atoms with E-state index in [1.807, 2.05) is 6.20 Å². The summed E-state index contributed by atoms with van der Waals surface area (Å²) in [7, 11) is 1.80. The molecule has 0 saturated heterocycles. The molecule has 0 radical (unpaired) electrons. The largest absolute Gasteiger partial charge is 0.443 e. The van der Waals surface area contributed by atoms with Gasteiger partial charge in [0, 0.05) is 24.4 Å². The number of rotatable bonds is 5. The highest BCUT2D eigenvalue weighted by Gasteiger charge is 2.35. The number of nitrogens with one attached hydrogen (secondary N) is 2. The second kappa shape index (κ2) is 8.15. The van der Waals surface area contributed by atoms with E-state index in [0.29, 0.717) is 12.4 Å². The van der Waals surface area contributed by atoms with Crippen LogP contribution in [0.4, 0.5) is 0 Å². The molecule has 1 aromatic heterocycles. The molecule has 0 bridgehead atoms. The molecule has 3 rings (SSSR count). The van der Waals surface area contributed by atoms with Crippen molar-refractivity contribution in [1.29, 1.82) is 0 Å². The lowest BCUT2D eigenvalue weighted by Gasteiger charge is -2.30. The number of oxazole rings is 1. The maximum Gasteiger partial charge on any atom is 0.213 e. The molecule has 1 aliphatic rings. The number of nitrogens with zero attached hydrogens (tertiary/aromatic N) is 2. The van der Waals surface area contributed by atoms with Crippen molar-refractivity contribution in [1.82, 2.24) is 15.6 Å². The number of hydrogen-bond acceptors (Lipinski definition) is 3. The minimum absolute atomic E-state index is 0.0320. The van der Waals surface area contributed by atoms with Crippen LogP contribution in [0.15, 0.2) is 45.9 Å². The molecule has 1 heterocycles. The van der Waals surface area contributed by atoms with E-state index in [0.717, 1.165) is 18.3 Å². The Morgan fingerprint density at radius 2 is 1.85 bits per heavy atom. The van der Waals surface area contributed by atoms with Crippen molar-refractivity contribution < 1.29 is 4.42 Å². The van der Waals surface area contributed by atoms with E-state index in [2.05, 4.69) is 71.7 Å². The van der Waals surface area contributed by atoms with Gasteiger partial charge in [0.25, 0.3) is 0 Å². The van der Waals surface area contributed by atoms with E-state index >= 15 is 0 Å². The molecule has 1 aromatic carbocycles. The minimum Gasteiger partial charge on any atom is -0.443 e. The highest BCUT2D eigenvalue weighted by atomic mass is 16.4. The zero-order valence-corrected chi connectivity index (χ0v) is 17.0. The van der Waals surface area contributed by atoms with Crippen LogP contribution in [0.2, 0.25) is 0 Å². The van der Waals surface area contributed by atoms with E-state index in [9.17, 15) is 0 Å². The smallest absolute Gasteiger partial charge is 0.213 e. The van der Waals surface area contributed by atoms with Gasteiger partial charge in [0.2, 0.25) is 5.89 Å². The lowest BCUT2D eigenvalue weighted by molar-refractivity contribution is 0.379. The summed E-state index contributed by atoms with van der Waals surface area (Å²) in [5.74, 6) is 2.37. The molecule has 2 aromatic rings. The second-order valence-corrected chi connectivity index (χ2v) is 8.50. The molecule has 1 fully saturated rings. The minimum atomic E-state index is -0.0320. The van der Waals surface area contributed by atoms with Gasteiger partial charge in [-0.05, 0) is 18.4 Å². The van der Waals surface area contributed by atoms with Gasteiger partial charge < -0.3 is 15.1 Å². The fourth-order valence-electron chi connectivity index (χ4n) is 3.78. The van der Waals surface area contributed by atoms with Crippen LogP contribution in [0.5, 0.6) is 0 Å². The lowest BCUT2D eigenvalue weighted by atomic mass is 9.79. The molecular weight excluding hydrogens is 336 g/mol. The van der Waals surface area contributed by atoms with Crippen molar-refractivity contribution in [2.24, 2.45) is 4.99 Å². The quantitative estimate of drug-likeness (QED) is 0.615. The number of aromatic nitrogens is 1. The van der Waals surface area contributed by atoms with Crippen molar-refractivity contribution in [3.8, 4) is 0 Å². The van der Waals surface area contributed by atoms with Crippen LogP contribution in [-0.2, 0) is 17.4 Å². The third kappa shape index (κ3) is 4.71. The Morgan fingerprint density at radius 3 is 2.44 bits per heavy atom. The van der Waals surface area contributed by atoms with Gasteiger partial charge in [0.1, 0.15) is 5.76 Å². The van der Waals surface area contributed by atoms with E-state index < -0.39 is 0 Å². The summed E-state index contributed by atoms with van der Waals surface area (Å²) < 4.78 is 5.85. The SMILES string of the molecule is CN=C(NCc1ncc(C(C)(C)C)o1)NCC1(c2ccccc2)CCCC1. The third-order valence-corrected chi connectivity index (χ3v) is 5.46. The van der Waals surface area contributed by atoms with Crippen LogP contribution >= 0.6 is 0 Å². The molecule has 5 nitrogen and oxygen atoms in total. The summed E-state index contributed by atoms with van der Waals surface area (Å²) in [6.07, 6.45) is 6.82. The molecule has 2 N–H and O–H groups in total. The van der Waals surface area contributed by atoms with Crippen molar-refractivity contribution in [2.45, 2.75) is 63.8 Å². The van der Waals surface area contributed by atoms with Crippen molar-refractivity contribution in [3.63, 3.8) is 0 Å². The highest BCUT2D eigenvalue weighted by Crippen LogP contribution is 2.40. The molecule has 1 aliphatic carbocycles. The zero-order valence-electron chi connectivity index (χ0n) is 17.0. The van der Waals surface area contributed by atoms with Gasteiger partial charge in [0.05, 0.1) is 12.7 Å². The summed E-state index contributed by atoms with van der Waals surface area (Å²) in [6, 6.07) is 10.9. The van der Waals surface area contributed by atoms with Crippen LogP contribution in [-0.4, -0.2) is 24.5 Å². The molecule has 146 valence electrons. The maximum absolute atomic E-state index is 5.85. The molecule has 27 heavy (non-hydrogen) atoms. The van der Waals surface area contributed by atoms with E-state index in [4.69, 9.17) is 4.42 Å². The summed E-state index contributed by atoms with van der Waals surface area (Å²) in [6.45, 7) is 7.77. The Hall–Kier alpha value is -2.30. The van der Waals surface area contributed by atoms with Gasteiger partial charge in [-0.15, -0.1) is 0 Å². The summed E-state index contributed by atoms with van der Waals surface area (Å²) in [4.78, 5) is 8.75. The molecule has 0 atom stereocenters. The predicted molar refractivity (Wildman–Crippen MR) is 110 cm³/mol. The zero-order chi connectivity index (χ0) is 19.3. The predicted octanol–water partition coefficient (Wildman–Crippen LogP) is 4.15. The van der Waals surface area contributed by atoms with Crippen molar-refractivity contribution in [3.05, 3.63) is 53.7 Å². The monoisotopic (exact) mass is 368 g/mol. The van der Waals surface area contributed by atoms with Gasteiger partial charge >= 0.3 is 0 Å². The van der Waals surface area contributed by atoms with E-state index in [-0.39, 0.29) is 10.8 Å². The molecule has 5 heteroatoms. The molecule has 0 unspecified atom stereocenters. The number of guanidine groups is 1. The Morgan fingerprint density at radius 1 is 1.15 bits per heavy atom. The average Bonchev–Trinajstić information content (AvgIpc) is 3.33. The number of benzene rings is 1. The fraction of sp³-hybridized carbons (Fsp3) is 0.545. The normalized spacial score (nSPS) is 17.1. The molecule has 0 aliphatic heterocycles. The summed E-state index contributed by atoms with van der Waals surface area (Å²) in [5, 5.41) is 6.85. The van der Waals surface area contributed by atoms with E-state index in [1.54, 1.807) is 7.05 Å². The topological polar surface area (TPSA) is 62.5 Å². The molecule has 0 spiro atoms. The van der Waals surface area contributed by atoms with Gasteiger partial charge in [-0.3, -0.25) is 4.99 Å². The first kappa shape index (κ1) is 19.5. The van der Waals surface area contributed by atoms with Gasteiger partial charge in [-0.25, -0.2) is 4.98 Å². The molecule has 1 saturated carbocycles. The number of hydrogen-bond donors (Lipinski definition) is 2. The van der Waals surface area contributed by atoms with E-state index in [1.165, 1.54) is 31.2 Å². The van der Waals surface area contributed by atoms with Crippen LogP contribution in [0, 0.1) is 0 Å². The number of aliphatic imine (C=N–C) groups is 1. The van der Waals surface area contributed by atoms with Crippen LogP contribution < -0.4 is 10.6 Å². The lowest BCUT2D eigenvalue weighted by Crippen LogP contribution is -2.44. The fourth-order valence-corrected chi connectivity index (χ4v) is 3.78. The Bertz CT molecular complexity index is 752. The second-order valence-electron chi connectivity index (χ2n) is 8.50. The standard InChI is InChI=1S/C22H32N4O/c1-21(2,3)18-14-24-19(27-18)15-25-20(23-4)26-16-22(12-8-9-13-22)17-10-6-5-7-11-17/h5-7,10-11,14H,8-9,12-13,15-16H2,1-4H3,(H2,23,25,26). The first-order valence-electron chi connectivity index (χ1n) is 9.88. The maximum atomic E-state index is 5.85. The van der Waals surface area contributed by atoms with Crippen LogP contribution in [0.1, 0.15) is 63.7 Å². The van der Waals surface area contributed by atoms with Gasteiger partial charge in [-0.2, -0.15) is 0 Å². The average molecular weight is 369 g/mol. The Balaban J connectivity index is 1.59. The first-order valence-corrected chi connectivity index (χ1v) is 9.88. The first-order chi connectivity index (χ1) is 12.9. The summed E-state index contributed by atoms with van der Waals surface area (Å²) >= 11 is 0. The van der Waals surface area contributed by atoms with Crippen molar-refractivity contribution >= 4 is 5.96 Å². The third-order valence-electron chi connectivity index (χ3n) is 5.46. The summed E-state index contributed by atoms with van der Waals surface area (Å²) in [5.41, 5.74) is 1.59. The van der Waals surface area contributed by atoms with Gasteiger partial charge in [0.15, 0.2) is 5.96 Å². The highest BCUT2D eigenvalue weighted by molar-refractivity contribution is 5.79. The molecular formula is C22H32N4O. The molecule has 0 amide bonds.